The molecule has 2 N–H and O–H groups in total. The second kappa shape index (κ2) is 7.29. The molecule has 0 spiro atoms. The van der Waals surface area contributed by atoms with Gasteiger partial charge < -0.3 is 10.6 Å². The van der Waals surface area contributed by atoms with E-state index in [1.54, 1.807) is 36.4 Å². The summed E-state index contributed by atoms with van der Waals surface area (Å²) in [5.74, 6) is -0.601. The molecule has 0 heterocycles. The van der Waals surface area contributed by atoms with E-state index in [1.165, 1.54) is 6.07 Å². The molecule has 2 aromatic carbocycles. The SMILES string of the molecule is O=C(CNc1ccc(Cl)cc1Cl)NCc1ccccc1F. The van der Waals surface area contributed by atoms with E-state index in [0.29, 0.717) is 21.3 Å². The number of benzene rings is 2. The van der Waals surface area contributed by atoms with Gasteiger partial charge in [0.05, 0.1) is 17.3 Å². The van der Waals surface area contributed by atoms with Crippen LogP contribution >= 0.6 is 23.2 Å². The van der Waals surface area contributed by atoms with Crippen LogP contribution in [-0.4, -0.2) is 12.5 Å². The van der Waals surface area contributed by atoms with E-state index in [1.807, 2.05) is 0 Å². The Morgan fingerprint density at radius 3 is 2.62 bits per heavy atom. The molecule has 21 heavy (non-hydrogen) atoms. The van der Waals surface area contributed by atoms with Crippen molar-refractivity contribution < 1.29 is 9.18 Å². The van der Waals surface area contributed by atoms with Crippen LogP contribution in [0, 0.1) is 5.82 Å². The molecule has 0 unspecified atom stereocenters. The van der Waals surface area contributed by atoms with Gasteiger partial charge in [-0.3, -0.25) is 4.79 Å². The molecular formula is C15H13Cl2FN2O. The van der Waals surface area contributed by atoms with Crippen molar-refractivity contribution in [2.75, 3.05) is 11.9 Å². The van der Waals surface area contributed by atoms with E-state index >= 15 is 0 Å². The quantitative estimate of drug-likeness (QED) is 0.875. The van der Waals surface area contributed by atoms with Crippen LogP contribution in [-0.2, 0) is 11.3 Å². The van der Waals surface area contributed by atoms with E-state index in [9.17, 15) is 9.18 Å². The number of rotatable bonds is 5. The molecule has 0 aromatic heterocycles. The van der Waals surface area contributed by atoms with Crippen LogP contribution in [0.25, 0.3) is 0 Å². The van der Waals surface area contributed by atoms with E-state index in [0.717, 1.165) is 0 Å². The van der Waals surface area contributed by atoms with E-state index < -0.39 is 0 Å². The minimum atomic E-state index is -0.341. The molecule has 2 aromatic rings. The van der Waals surface area contributed by atoms with E-state index in [4.69, 9.17) is 23.2 Å². The third-order valence-corrected chi connectivity index (χ3v) is 3.35. The molecule has 0 aliphatic carbocycles. The molecule has 0 saturated heterocycles. The van der Waals surface area contributed by atoms with Crippen molar-refractivity contribution in [2.45, 2.75) is 6.54 Å². The van der Waals surface area contributed by atoms with Crippen LogP contribution in [0.1, 0.15) is 5.56 Å². The first kappa shape index (κ1) is 15.6. The van der Waals surface area contributed by atoms with Crippen LogP contribution in [0.4, 0.5) is 10.1 Å². The van der Waals surface area contributed by atoms with Crippen molar-refractivity contribution in [3.63, 3.8) is 0 Å². The predicted molar refractivity (Wildman–Crippen MR) is 83.2 cm³/mol. The van der Waals surface area contributed by atoms with Crippen molar-refractivity contribution in [2.24, 2.45) is 0 Å². The largest absolute Gasteiger partial charge is 0.375 e. The topological polar surface area (TPSA) is 41.1 Å². The second-order valence-electron chi connectivity index (χ2n) is 4.35. The molecular weight excluding hydrogens is 314 g/mol. The number of amides is 1. The van der Waals surface area contributed by atoms with Gasteiger partial charge in [-0.25, -0.2) is 4.39 Å². The Hall–Kier alpha value is -1.78. The van der Waals surface area contributed by atoms with Gasteiger partial charge in [0.2, 0.25) is 5.91 Å². The molecule has 2 rings (SSSR count). The van der Waals surface area contributed by atoms with Gasteiger partial charge in [0.15, 0.2) is 0 Å². The monoisotopic (exact) mass is 326 g/mol. The Balaban J connectivity index is 1.84. The van der Waals surface area contributed by atoms with E-state index in [-0.39, 0.29) is 24.8 Å². The zero-order valence-corrected chi connectivity index (χ0v) is 12.5. The lowest BCUT2D eigenvalue weighted by molar-refractivity contribution is -0.119. The molecule has 110 valence electrons. The molecule has 0 bridgehead atoms. The Labute approximate surface area is 132 Å². The minimum Gasteiger partial charge on any atom is -0.375 e. The van der Waals surface area contributed by atoms with Gasteiger partial charge in [-0.2, -0.15) is 0 Å². The molecule has 1 amide bonds. The summed E-state index contributed by atoms with van der Waals surface area (Å²) in [4.78, 5) is 11.7. The van der Waals surface area contributed by atoms with Crippen molar-refractivity contribution in [1.82, 2.24) is 5.32 Å². The number of carbonyl (C=O) groups excluding carboxylic acids is 1. The molecule has 0 aliphatic rings. The Kier molecular flexibility index (Phi) is 5.42. The van der Waals surface area contributed by atoms with Gasteiger partial charge in [0.1, 0.15) is 5.82 Å². The van der Waals surface area contributed by atoms with Crippen LogP contribution in [0.2, 0.25) is 10.0 Å². The first-order valence-corrected chi connectivity index (χ1v) is 7.01. The smallest absolute Gasteiger partial charge is 0.239 e. The Morgan fingerprint density at radius 1 is 1.14 bits per heavy atom. The summed E-state index contributed by atoms with van der Waals surface area (Å²) in [7, 11) is 0. The normalized spacial score (nSPS) is 10.2. The summed E-state index contributed by atoms with van der Waals surface area (Å²) in [6.07, 6.45) is 0. The third kappa shape index (κ3) is 4.62. The Morgan fingerprint density at radius 2 is 1.90 bits per heavy atom. The summed E-state index contributed by atoms with van der Waals surface area (Å²) < 4.78 is 13.4. The lowest BCUT2D eigenvalue weighted by Gasteiger charge is -2.09. The molecule has 0 aliphatic heterocycles. The minimum absolute atomic E-state index is 0.0375. The van der Waals surface area contributed by atoms with Gasteiger partial charge in [0, 0.05) is 17.1 Å². The van der Waals surface area contributed by atoms with Crippen LogP contribution in [0.5, 0.6) is 0 Å². The van der Waals surface area contributed by atoms with Gasteiger partial charge in [-0.15, -0.1) is 0 Å². The van der Waals surface area contributed by atoms with Crippen LogP contribution < -0.4 is 10.6 Å². The van der Waals surface area contributed by atoms with E-state index in [2.05, 4.69) is 10.6 Å². The highest BCUT2D eigenvalue weighted by Gasteiger charge is 2.06. The number of nitrogens with one attached hydrogen (secondary N) is 2. The van der Waals surface area contributed by atoms with Crippen LogP contribution in [0.15, 0.2) is 42.5 Å². The highest BCUT2D eigenvalue weighted by Crippen LogP contribution is 2.24. The maximum absolute atomic E-state index is 13.4. The van der Waals surface area contributed by atoms with Gasteiger partial charge in [0.25, 0.3) is 0 Å². The average Bonchev–Trinajstić information content (AvgIpc) is 2.45. The summed E-state index contributed by atoms with van der Waals surface area (Å²) in [5.41, 5.74) is 1.05. The van der Waals surface area contributed by atoms with Gasteiger partial charge in [-0.05, 0) is 24.3 Å². The standard InChI is InChI=1S/C15H13Cl2FN2O/c16-11-5-6-14(12(17)7-11)19-9-15(21)20-8-10-3-1-2-4-13(10)18/h1-7,19H,8-9H2,(H,20,21). The second-order valence-corrected chi connectivity index (χ2v) is 5.19. The Bertz CT molecular complexity index is 649. The van der Waals surface area contributed by atoms with Crippen molar-refractivity contribution in [3.05, 3.63) is 63.9 Å². The lowest BCUT2D eigenvalue weighted by Crippen LogP contribution is -2.29. The predicted octanol–water partition coefficient (Wildman–Crippen LogP) is 3.86. The first-order chi connectivity index (χ1) is 10.1. The number of anilines is 1. The zero-order valence-electron chi connectivity index (χ0n) is 11.0. The molecule has 3 nitrogen and oxygen atoms in total. The lowest BCUT2D eigenvalue weighted by atomic mass is 10.2. The average molecular weight is 327 g/mol. The molecule has 0 radical (unpaired) electrons. The van der Waals surface area contributed by atoms with Crippen LogP contribution in [0.3, 0.4) is 0 Å². The third-order valence-electron chi connectivity index (χ3n) is 2.80. The van der Waals surface area contributed by atoms with Crippen molar-refractivity contribution in [3.8, 4) is 0 Å². The summed E-state index contributed by atoms with van der Waals surface area (Å²) >= 11 is 11.8. The summed E-state index contributed by atoms with van der Waals surface area (Å²) in [6.45, 7) is 0.178. The fourth-order valence-corrected chi connectivity index (χ4v) is 2.18. The number of hydrogen-bond donors (Lipinski definition) is 2. The molecule has 0 atom stereocenters. The number of hydrogen-bond acceptors (Lipinski definition) is 2. The highest BCUT2D eigenvalue weighted by atomic mass is 35.5. The zero-order chi connectivity index (χ0) is 15.2. The van der Waals surface area contributed by atoms with Crippen molar-refractivity contribution >= 4 is 34.8 Å². The fraction of sp³-hybridized carbons (Fsp3) is 0.133. The molecule has 0 saturated carbocycles. The maximum atomic E-state index is 13.4. The first-order valence-electron chi connectivity index (χ1n) is 6.25. The van der Waals surface area contributed by atoms with Gasteiger partial charge in [-0.1, -0.05) is 41.4 Å². The summed E-state index contributed by atoms with van der Waals surface area (Å²) in [6, 6.07) is 11.2. The molecule has 0 fully saturated rings. The van der Waals surface area contributed by atoms with Gasteiger partial charge >= 0.3 is 0 Å². The highest BCUT2D eigenvalue weighted by molar-refractivity contribution is 6.36. The number of halogens is 3. The molecule has 6 heteroatoms. The maximum Gasteiger partial charge on any atom is 0.239 e. The number of carbonyl (C=O) groups is 1. The fourth-order valence-electron chi connectivity index (χ4n) is 1.71. The van der Waals surface area contributed by atoms with Crippen molar-refractivity contribution in [1.29, 1.82) is 0 Å². The summed E-state index contributed by atoms with van der Waals surface area (Å²) in [5, 5.41) is 6.48.